The van der Waals surface area contributed by atoms with Crippen LogP contribution in [0.3, 0.4) is 0 Å². The number of ether oxygens (including phenoxy) is 1. The number of alkyl halides is 2. The van der Waals surface area contributed by atoms with Crippen LogP contribution in [-0.2, 0) is 19.2 Å². The lowest BCUT2D eigenvalue weighted by atomic mass is 9.56. The number of fused-ring (bicyclic) bond motifs is 4. The van der Waals surface area contributed by atoms with E-state index in [2.05, 4.69) is 15.9 Å². The molecule has 2 aliphatic carbocycles. The van der Waals surface area contributed by atoms with Crippen molar-refractivity contribution >= 4 is 80.1 Å². The molecule has 2 aliphatic heterocycles. The Hall–Kier alpha value is -4.26. The van der Waals surface area contributed by atoms with Crippen LogP contribution in [0.5, 0.6) is 11.5 Å². The number of halogens is 4. The summed E-state index contributed by atoms with van der Waals surface area (Å²) in [7, 11) is 1.33. The summed E-state index contributed by atoms with van der Waals surface area (Å²) in [6, 6.07) is 13.1. The molecule has 2 heterocycles. The summed E-state index contributed by atoms with van der Waals surface area (Å²) in [4.78, 5) is 66.1. The quantitative estimate of drug-likeness (QED) is 0.190. The number of methoxy groups -OCH3 is 1. The lowest BCUT2D eigenvalue weighted by Crippen LogP contribution is -2.60. The van der Waals surface area contributed by atoms with Gasteiger partial charge in [-0.3, -0.25) is 24.1 Å². The van der Waals surface area contributed by atoms with Crippen molar-refractivity contribution in [3.05, 3.63) is 93.7 Å². The normalized spacial score (nSPS) is 29.4. The van der Waals surface area contributed by atoms with Crippen molar-refractivity contribution in [1.29, 1.82) is 0 Å². The van der Waals surface area contributed by atoms with Crippen LogP contribution in [0.25, 0.3) is 0 Å². The van der Waals surface area contributed by atoms with Gasteiger partial charge in [0, 0.05) is 5.92 Å². The maximum atomic E-state index is 14.5. The van der Waals surface area contributed by atoms with Gasteiger partial charge in [-0.25, -0.2) is 14.1 Å². The Morgan fingerprint density at radius 3 is 2.33 bits per heavy atom. The highest BCUT2D eigenvalue weighted by Crippen LogP contribution is 2.66. The molecular formula is C34H24BrCl2FN2O8. The number of anilines is 2. The fourth-order valence-corrected chi connectivity index (χ4v) is 9.12. The Morgan fingerprint density at radius 2 is 1.67 bits per heavy atom. The molecule has 2 N–H and O–H groups in total. The molecule has 0 spiro atoms. The van der Waals surface area contributed by atoms with Crippen LogP contribution < -0.4 is 14.5 Å². The largest absolute Gasteiger partial charge is 0.503 e. The summed E-state index contributed by atoms with van der Waals surface area (Å²) in [6.07, 6.45) is 1.52. The summed E-state index contributed by atoms with van der Waals surface area (Å²) < 4.78 is 19.4. The SMILES string of the molecule is COc1cc([C@H]2C3=CC[C@@H]4C(=O)N(c5cccc(C(=O)O)c5)C(=O)[C@@H]4[C@@H]3C[C@@]3(Cl)C(=O)N(c4ccc(F)cc4)C(=O)[C@@]23Cl)cc(Br)c1O. The highest BCUT2D eigenvalue weighted by atomic mass is 79.9. The van der Waals surface area contributed by atoms with Crippen LogP contribution >= 0.6 is 39.1 Å². The number of carbonyl (C=O) groups excluding carboxylic acids is 4. The molecule has 0 aromatic heterocycles. The van der Waals surface area contributed by atoms with Crippen molar-refractivity contribution in [2.75, 3.05) is 16.9 Å². The van der Waals surface area contributed by atoms with Crippen LogP contribution in [0.4, 0.5) is 15.8 Å². The van der Waals surface area contributed by atoms with Crippen LogP contribution in [0.2, 0.25) is 0 Å². The van der Waals surface area contributed by atoms with Gasteiger partial charge < -0.3 is 14.9 Å². The van der Waals surface area contributed by atoms with Crippen molar-refractivity contribution in [3.63, 3.8) is 0 Å². The molecule has 6 atom stereocenters. The van der Waals surface area contributed by atoms with Crippen molar-refractivity contribution in [1.82, 2.24) is 0 Å². The Labute approximate surface area is 290 Å². The summed E-state index contributed by atoms with van der Waals surface area (Å²) in [6.45, 7) is 0. The third kappa shape index (κ3) is 4.31. The van der Waals surface area contributed by atoms with E-state index in [4.69, 9.17) is 27.9 Å². The fraction of sp³-hybridized carbons (Fsp3) is 0.265. The zero-order valence-electron chi connectivity index (χ0n) is 24.8. The highest BCUT2D eigenvalue weighted by Gasteiger charge is 2.76. The van der Waals surface area contributed by atoms with Crippen molar-refractivity contribution < 1.29 is 43.3 Å². The number of nitrogens with zero attached hydrogens (tertiary/aromatic N) is 2. The number of amides is 4. The predicted molar refractivity (Wildman–Crippen MR) is 175 cm³/mol. The number of carboxylic acid groups (broad SMARTS) is 1. The molecule has 10 nitrogen and oxygen atoms in total. The second-order valence-electron chi connectivity index (χ2n) is 12.2. The van der Waals surface area contributed by atoms with Crippen molar-refractivity contribution in [3.8, 4) is 11.5 Å². The van der Waals surface area contributed by atoms with E-state index in [9.17, 15) is 38.6 Å². The van der Waals surface area contributed by atoms with Crippen LogP contribution in [0.15, 0.2) is 76.8 Å². The highest BCUT2D eigenvalue weighted by molar-refractivity contribution is 9.10. The third-order valence-corrected chi connectivity index (χ3v) is 11.9. The molecule has 0 radical (unpaired) electrons. The van der Waals surface area contributed by atoms with E-state index in [1.165, 1.54) is 55.6 Å². The molecule has 0 bridgehead atoms. The minimum absolute atomic E-state index is 0.0278. The molecular weight excluding hydrogens is 734 g/mol. The van der Waals surface area contributed by atoms with Gasteiger partial charge in [0.25, 0.3) is 11.8 Å². The molecule has 3 aromatic carbocycles. The number of phenols is 1. The molecule has 2 saturated heterocycles. The molecule has 4 aliphatic rings. The predicted octanol–water partition coefficient (Wildman–Crippen LogP) is 5.77. The average molecular weight is 758 g/mol. The number of carboxylic acids is 1. The molecule has 246 valence electrons. The number of hydrogen-bond donors (Lipinski definition) is 2. The zero-order valence-corrected chi connectivity index (χ0v) is 27.9. The van der Waals surface area contributed by atoms with Gasteiger partial charge in [0.1, 0.15) is 5.82 Å². The lowest BCUT2D eigenvalue weighted by molar-refractivity contribution is -0.125. The fourth-order valence-electron chi connectivity index (χ4n) is 7.72. The van der Waals surface area contributed by atoms with E-state index in [0.717, 1.165) is 21.9 Å². The lowest BCUT2D eigenvalue weighted by Gasteiger charge is -2.50. The van der Waals surface area contributed by atoms with Gasteiger partial charge in [0.2, 0.25) is 11.8 Å². The molecule has 3 aromatic rings. The Bertz CT molecular complexity index is 2010. The maximum Gasteiger partial charge on any atom is 0.335 e. The molecule has 3 fully saturated rings. The van der Waals surface area contributed by atoms with Crippen molar-refractivity contribution in [2.24, 2.45) is 17.8 Å². The Morgan fingerprint density at radius 1 is 0.958 bits per heavy atom. The van der Waals surface area contributed by atoms with E-state index < -0.39 is 68.8 Å². The molecule has 1 saturated carbocycles. The smallest absolute Gasteiger partial charge is 0.335 e. The number of imide groups is 2. The van der Waals surface area contributed by atoms with Crippen LogP contribution in [0.1, 0.15) is 34.7 Å². The number of rotatable bonds is 5. The van der Waals surface area contributed by atoms with Gasteiger partial charge in [-0.2, -0.15) is 0 Å². The van der Waals surface area contributed by atoms with Gasteiger partial charge in [-0.1, -0.05) is 17.7 Å². The molecule has 14 heteroatoms. The van der Waals surface area contributed by atoms with E-state index in [1.807, 2.05) is 0 Å². The number of benzene rings is 3. The molecule has 4 amide bonds. The van der Waals surface area contributed by atoms with Gasteiger partial charge in [0.05, 0.1) is 40.4 Å². The third-order valence-electron chi connectivity index (χ3n) is 9.85. The van der Waals surface area contributed by atoms with Gasteiger partial charge in [0.15, 0.2) is 21.2 Å². The van der Waals surface area contributed by atoms with Crippen LogP contribution in [0, 0.1) is 23.6 Å². The molecule has 7 rings (SSSR count). The average Bonchev–Trinajstić information content (AvgIpc) is 3.40. The second-order valence-corrected chi connectivity index (χ2v) is 14.3. The number of allylic oxidation sites excluding steroid dienone is 2. The van der Waals surface area contributed by atoms with Gasteiger partial charge in [-0.15, -0.1) is 23.2 Å². The topological polar surface area (TPSA) is 142 Å². The Kier molecular flexibility index (Phi) is 7.50. The summed E-state index contributed by atoms with van der Waals surface area (Å²) in [5.74, 6) is -8.88. The first-order valence-electron chi connectivity index (χ1n) is 14.7. The Balaban J connectivity index is 1.41. The van der Waals surface area contributed by atoms with E-state index in [-0.39, 0.29) is 45.8 Å². The second kappa shape index (κ2) is 11.1. The first-order valence-corrected chi connectivity index (χ1v) is 16.3. The standard InChI is InChI=1S/C34H24BrCl2FN2O8/c1-48-24-13-16(12-23(35)27(24)41)26-20-9-10-21-25(29(43)39(28(21)42)19-4-2-3-15(11-19)30(44)45)22(20)14-33(36)31(46)40(32(47)34(26,33)37)18-7-5-17(38)6-8-18/h2-9,11-13,21-22,25-26,41H,10,14H2,1H3,(H,44,45)/t21-,22+,25-,26-,33+,34-/m0/s1. The number of carbonyl (C=O) groups is 5. The van der Waals surface area contributed by atoms with Gasteiger partial charge >= 0.3 is 5.97 Å². The first-order chi connectivity index (χ1) is 22.7. The van der Waals surface area contributed by atoms with Crippen molar-refractivity contribution in [2.45, 2.75) is 28.5 Å². The first kappa shape index (κ1) is 32.3. The van der Waals surface area contributed by atoms with E-state index in [0.29, 0.717) is 11.1 Å². The monoisotopic (exact) mass is 756 g/mol. The number of aromatic hydroxyl groups is 1. The summed E-state index contributed by atoms with van der Waals surface area (Å²) >= 11 is 18.1. The maximum absolute atomic E-state index is 14.5. The molecule has 0 unspecified atom stereocenters. The minimum Gasteiger partial charge on any atom is -0.503 e. The van der Waals surface area contributed by atoms with Gasteiger partial charge in [-0.05, 0) is 94.9 Å². The summed E-state index contributed by atoms with van der Waals surface area (Å²) in [5.41, 5.74) is 0.828. The van der Waals surface area contributed by atoms with E-state index >= 15 is 0 Å². The number of aromatic carboxylic acids is 1. The number of phenolic OH excluding ortho intramolecular Hbond substituents is 1. The summed E-state index contributed by atoms with van der Waals surface area (Å²) in [5, 5.41) is 20.1. The zero-order chi connectivity index (χ0) is 34.4. The van der Waals surface area contributed by atoms with E-state index in [1.54, 1.807) is 6.08 Å². The number of hydrogen-bond acceptors (Lipinski definition) is 7. The molecule has 48 heavy (non-hydrogen) atoms. The minimum atomic E-state index is -2.18. The van der Waals surface area contributed by atoms with Crippen LogP contribution in [-0.4, -0.2) is 56.7 Å².